The summed E-state index contributed by atoms with van der Waals surface area (Å²) in [6.07, 6.45) is 2.49. The van der Waals surface area contributed by atoms with Crippen LogP contribution in [0.1, 0.15) is 38.3 Å². The molecule has 0 bridgehead atoms. The Hall–Kier alpha value is -3.64. The molecule has 2 aliphatic carbocycles. The Morgan fingerprint density at radius 3 is 2.38 bits per heavy atom. The molecule has 0 radical (unpaired) electrons. The number of rotatable bonds is 7. The molecule has 40 heavy (non-hydrogen) atoms. The summed E-state index contributed by atoms with van der Waals surface area (Å²) >= 11 is 0. The van der Waals surface area contributed by atoms with Crippen LogP contribution in [0.3, 0.4) is 0 Å². The van der Waals surface area contributed by atoms with Gasteiger partial charge >= 0.3 is 6.03 Å². The molecule has 2 N–H and O–H groups in total. The standard InChI is InChI=1S/C28H29F2N5O4S/c1-17-16-39-11-10-35(17)25-15-24(28(8-9-28)40(37,38)23-13-19(29)12-20(30)14-23)33-26(34-25)18-2-4-21(5-3-18)31-27(36)32-22-6-7-22/h2-5,12-15,17,22H,6-11,16H2,1H3,(H2,31,32,36)/t17-/m0/s1. The van der Waals surface area contributed by atoms with E-state index in [0.717, 1.165) is 25.0 Å². The summed E-state index contributed by atoms with van der Waals surface area (Å²) < 4.78 is 59.7. The molecule has 0 spiro atoms. The molecule has 2 amide bonds. The highest BCUT2D eigenvalue weighted by Gasteiger charge is 2.58. The van der Waals surface area contributed by atoms with Crippen LogP contribution in [0.4, 0.5) is 25.1 Å². The molecule has 0 unspecified atom stereocenters. The van der Waals surface area contributed by atoms with E-state index in [0.29, 0.717) is 48.7 Å². The SMILES string of the molecule is C[C@H]1COCCN1c1cc(C2(S(=O)(=O)c3cc(F)cc(F)c3)CC2)nc(-c2ccc(NC(=O)NC3CC3)cc2)n1. The molecule has 1 aliphatic heterocycles. The monoisotopic (exact) mass is 569 g/mol. The molecular weight excluding hydrogens is 540 g/mol. The average Bonchev–Trinajstić information content (AvgIpc) is 3.84. The lowest BCUT2D eigenvalue weighted by atomic mass is 10.1. The van der Waals surface area contributed by atoms with E-state index in [1.165, 1.54) is 0 Å². The fourth-order valence-electron chi connectivity index (χ4n) is 4.98. The first-order valence-electron chi connectivity index (χ1n) is 13.3. The number of hydrogen-bond donors (Lipinski definition) is 2. The van der Waals surface area contributed by atoms with Gasteiger partial charge in [-0.3, -0.25) is 0 Å². The van der Waals surface area contributed by atoms with E-state index in [2.05, 4.69) is 10.6 Å². The fraction of sp³-hybridized carbons (Fsp3) is 0.393. The number of aromatic nitrogens is 2. The number of morpholine rings is 1. The van der Waals surface area contributed by atoms with Crippen LogP contribution >= 0.6 is 0 Å². The molecule has 6 rings (SSSR count). The Labute approximate surface area is 230 Å². The number of nitrogens with one attached hydrogen (secondary N) is 2. The first-order chi connectivity index (χ1) is 19.1. The molecule has 2 saturated carbocycles. The van der Waals surface area contributed by atoms with Gasteiger partial charge in [-0.1, -0.05) is 0 Å². The lowest BCUT2D eigenvalue weighted by Crippen LogP contribution is -2.44. The lowest BCUT2D eigenvalue weighted by Gasteiger charge is -2.34. The molecule has 2 heterocycles. The summed E-state index contributed by atoms with van der Waals surface area (Å²) in [4.78, 5) is 23.2. The third-order valence-corrected chi connectivity index (χ3v) is 10.0. The highest BCUT2D eigenvalue weighted by Crippen LogP contribution is 2.55. The van der Waals surface area contributed by atoms with Crippen LogP contribution in [-0.2, 0) is 19.3 Å². The maximum atomic E-state index is 14.0. The lowest BCUT2D eigenvalue weighted by molar-refractivity contribution is 0.0985. The highest BCUT2D eigenvalue weighted by molar-refractivity contribution is 7.92. The number of carbonyl (C=O) groups is 1. The van der Waals surface area contributed by atoms with Crippen molar-refractivity contribution in [1.82, 2.24) is 15.3 Å². The van der Waals surface area contributed by atoms with Gasteiger partial charge in [-0.2, -0.15) is 0 Å². The number of hydrogen-bond acceptors (Lipinski definition) is 7. The summed E-state index contributed by atoms with van der Waals surface area (Å²) in [6, 6.07) is 10.9. The van der Waals surface area contributed by atoms with Crippen molar-refractivity contribution < 1.29 is 26.7 Å². The summed E-state index contributed by atoms with van der Waals surface area (Å²) in [7, 11) is -4.18. The number of benzene rings is 2. The zero-order chi connectivity index (χ0) is 28.1. The zero-order valence-electron chi connectivity index (χ0n) is 21.9. The van der Waals surface area contributed by atoms with Crippen LogP contribution < -0.4 is 15.5 Å². The van der Waals surface area contributed by atoms with Gasteiger partial charge < -0.3 is 20.3 Å². The van der Waals surface area contributed by atoms with Gasteiger partial charge in [0.25, 0.3) is 0 Å². The van der Waals surface area contributed by atoms with Gasteiger partial charge in [0, 0.05) is 36.0 Å². The Kier molecular flexibility index (Phi) is 6.70. The van der Waals surface area contributed by atoms with Crippen LogP contribution in [-0.4, -0.2) is 56.3 Å². The maximum Gasteiger partial charge on any atom is 0.319 e. The predicted molar refractivity (Wildman–Crippen MR) is 145 cm³/mol. The highest BCUT2D eigenvalue weighted by atomic mass is 32.2. The van der Waals surface area contributed by atoms with Gasteiger partial charge in [-0.25, -0.2) is 32.0 Å². The van der Waals surface area contributed by atoms with Crippen LogP contribution in [0.25, 0.3) is 11.4 Å². The Morgan fingerprint density at radius 2 is 1.75 bits per heavy atom. The number of anilines is 2. The minimum absolute atomic E-state index is 0.00928. The van der Waals surface area contributed by atoms with E-state index < -0.39 is 31.1 Å². The second-order valence-electron chi connectivity index (χ2n) is 10.6. The van der Waals surface area contributed by atoms with Gasteiger partial charge in [-0.15, -0.1) is 0 Å². The fourth-order valence-corrected chi connectivity index (χ4v) is 6.99. The van der Waals surface area contributed by atoms with E-state index in [1.54, 1.807) is 30.3 Å². The first-order valence-corrected chi connectivity index (χ1v) is 14.8. The largest absolute Gasteiger partial charge is 0.377 e. The second-order valence-corrected chi connectivity index (χ2v) is 12.9. The summed E-state index contributed by atoms with van der Waals surface area (Å²) in [5.74, 6) is -1.05. The maximum absolute atomic E-state index is 14.0. The van der Waals surface area contributed by atoms with Gasteiger partial charge in [0.2, 0.25) is 0 Å². The summed E-state index contributed by atoms with van der Waals surface area (Å²) in [6.45, 7) is 3.54. The number of nitrogens with zero attached hydrogens (tertiary/aromatic N) is 3. The van der Waals surface area contributed by atoms with Crippen LogP contribution in [0, 0.1) is 11.6 Å². The quantitative estimate of drug-likeness (QED) is 0.434. The van der Waals surface area contributed by atoms with Crippen molar-refractivity contribution in [2.75, 3.05) is 30.0 Å². The molecule has 3 fully saturated rings. The minimum atomic E-state index is -4.18. The smallest absolute Gasteiger partial charge is 0.319 e. The van der Waals surface area contributed by atoms with E-state index >= 15 is 0 Å². The van der Waals surface area contributed by atoms with Crippen molar-refractivity contribution in [2.24, 2.45) is 0 Å². The normalized spacial score (nSPS) is 20.2. The molecule has 210 valence electrons. The molecule has 1 atom stereocenters. The van der Waals surface area contributed by atoms with Crippen molar-refractivity contribution in [3.8, 4) is 11.4 Å². The van der Waals surface area contributed by atoms with Crippen molar-refractivity contribution >= 4 is 27.4 Å². The number of urea groups is 1. The molecule has 3 aromatic rings. The summed E-state index contributed by atoms with van der Waals surface area (Å²) in [5.41, 5.74) is 1.50. The van der Waals surface area contributed by atoms with E-state index in [-0.39, 0.29) is 36.7 Å². The van der Waals surface area contributed by atoms with Gasteiger partial charge in [0.15, 0.2) is 15.7 Å². The van der Waals surface area contributed by atoms with Crippen LogP contribution in [0.5, 0.6) is 0 Å². The molecule has 9 nitrogen and oxygen atoms in total. The Bertz CT molecular complexity index is 1540. The van der Waals surface area contributed by atoms with E-state index in [9.17, 15) is 22.0 Å². The van der Waals surface area contributed by atoms with Crippen LogP contribution in [0.15, 0.2) is 53.4 Å². The Balaban J connectivity index is 1.38. The minimum Gasteiger partial charge on any atom is -0.377 e. The number of ether oxygens (including phenoxy) is 1. The van der Waals surface area contributed by atoms with Crippen LogP contribution in [0.2, 0.25) is 0 Å². The first kappa shape index (κ1) is 26.6. The molecule has 1 saturated heterocycles. The molecule has 1 aromatic heterocycles. The number of sulfone groups is 1. The third kappa shape index (κ3) is 5.13. The van der Waals surface area contributed by atoms with Gasteiger partial charge in [0.05, 0.1) is 29.8 Å². The van der Waals surface area contributed by atoms with Crippen molar-refractivity contribution in [1.29, 1.82) is 0 Å². The summed E-state index contributed by atoms with van der Waals surface area (Å²) in [5, 5.41) is 5.67. The van der Waals surface area contributed by atoms with Crippen molar-refractivity contribution in [3.05, 3.63) is 65.9 Å². The Morgan fingerprint density at radius 1 is 1.05 bits per heavy atom. The molecular formula is C28H29F2N5O4S. The van der Waals surface area contributed by atoms with Gasteiger partial charge in [-0.05, 0) is 69.0 Å². The van der Waals surface area contributed by atoms with E-state index in [1.807, 2.05) is 11.8 Å². The average molecular weight is 570 g/mol. The van der Waals surface area contributed by atoms with Crippen molar-refractivity contribution in [3.63, 3.8) is 0 Å². The van der Waals surface area contributed by atoms with E-state index in [4.69, 9.17) is 14.7 Å². The second kappa shape index (κ2) is 10.1. The zero-order valence-corrected chi connectivity index (χ0v) is 22.7. The third-order valence-electron chi connectivity index (χ3n) is 7.52. The number of carbonyl (C=O) groups excluding carboxylic acids is 1. The molecule has 2 aromatic carbocycles. The molecule has 12 heteroatoms. The number of halogens is 2. The topological polar surface area (TPSA) is 114 Å². The van der Waals surface area contributed by atoms with Crippen molar-refractivity contribution in [2.45, 2.75) is 54.3 Å². The molecule has 3 aliphatic rings. The van der Waals surface area contributed by atoms with Gasteiger partial charge in [0.1, 0.15) is 22.2 Å². The number of amides is 2. The predicted octanol–water partition coefficient (Wildman–Crippen LogP) is 4.39.